The van der Waals surface area contributed by atoms with Gasteiger partial charge in [-0.1, -0.05) is 6.07 Å². The summed E-state index contributed by atoms with van der Waals surface area (Å²) in [6, 6.07) is 6.25. The van der Waals surface area contributed by atoms with Crippen LogP contribution >= 0.6 is 15.9 Å². The van der Waals surface area contributed by atoms with Crippen LogP contribution in [0.25, 0.3) is 11.1 Å². The minimum absolute atomic E-state index is 0.0308. The summed E-state index contributed by atoms with van der Waals surface area (Å²) in [6.07, 6.45) is 0. The third kappa shape index (κ3) is 2.28. The summed E-state index contributed by atoms with van der Waals surface area (Å²) in [5.41, 5.74) is 5.64. The minimum atomic E-state index is -0.718. The maximum Gasteiger partial charge on any atom is 0.148 e. The average Bonchev–Trinajstić information content (AvgIpc) is 2.36. The molecule has 0 bridgehead atoms. The van der Waals surface area contributed by atoms with E-state index in [9.17, 15) is 13.2 Å². The number of rotatable bonds is 2. The molecule has 0 aromatic heterocycles. The van der Waals surface area contributed by atoms with E-state index in [2.05, 4.69) is 15.9 Å². The zero-order chi connectivity index (χ0) is 13.3. The molecule has 0 aliphatic heterocycles. The molecule has 0 aliphatic carbocycles. The number of hydrogen-bond acceptors (Lipinski definition) is 1. The molecule has 0 unspecified atom stereocenters. The Morgan fingerprint density at radius 2 is 1.67 bits per heavy atom. The zero-order valence-corrected chi connectivity index (χ0v) is 10.8. The van der Waals surface area contributed by atoms with E-state index in [1.165, 1.54) is 18.2 Å². The lowest BCUT2D eigenvalue weighted by Gasteiger charge is -2.09. The third-order valence-electron chi connectivity index (χ3n) is 2.60. The molecular formula is C13H9BrF3N. The van der Waals surface area contributed by atoms with Crippen LogP contribution in [0.3, 0.4) is 0 Å². The minimum Gasteiger partial charge on any atom is -0.326 e. The lowest BCUT2D eigenvalue weighted by Crippen LogP contribution is -2.01. The first-order valence-corrected chi connectivity index (χ1v) is 5.96. The van der Waals surface area contributed by atoms with Crippen molar-refractivity contribution in [1.29, 1.82) is 0 Å². The van der Waals surface area contributed by atoms with Crippen molar-refractivity contribution in [3.63, 3.8) is 0 Å². The smallest absolute Gasteiger partial charge is 0.148 e. The lowest BCUT2D eigenvalue weighted by molar-refractivity contribution is 0.584. The van der Waals surface area contributed by atoms with Crippen molar-refractivity contribution in [1.82, 2.24) is 0 Å². The molecule has 18 heavy (non-hydrogen) atoms. The van der Waals surface area contributed by atoms with Crippen molar-refractivity contribution in [3.05, 3.63) is 57.8 Å². The Morgan fingerprint density at radius 1 is 1.00 bits per heavy atom. The summed E-state index contributed by atoms with van der Waals surface area (Å²) in [6.45, 7) is -0.0308. The van der Waals surface area contributed by atoms with Crippen molar-refractivity contribution in [2.75, 3.05) is 0 Å². The monoisotopic (exact) mass is 315 g/mol. The van der Waals surface area contributed by atoms with Crippen LogP contribution in [0.4, 0.5) is 13.2 Å². The van der Waals surface area contributed by atoms with Gasteiger partial charge in [-0.05, 0) is 45.8 Å². The Balaban J connectivity index is 2.65. The van der Waals surface area contributed by atoms with E-state index in [0.29, 0.717) is 0 Å². The van der Waals surface area contributed by atoms with Crippen LogP contribution in [0.15, 0.2) is 34.8 Å². The second-order valence-corrected chi connectivity index (χ2v) is 4.58. The summed E-state index contributed by atoms with van der Waals surface area (Å²) in [5, 5.41) is 0. The number of benzene rings is 2. The number of hydrogen-bond donors (Lipinski definition) is 1. The molecule has 2 aromatic carbocycles. The van der Waals surface area contributed by atoms with Crippen LogP contribution in [0, 0.1) is 17.5 Å². The molecule has 0 radical (unpaired) electrons. The molecule has 2 aromatic rings. The quantitative estimate of drug-likeness (QED) is 0.833. The fourth-order valence-corrected chi connectivity index (χ4v) is 2.01. The van der Waals surface area contributed by atoms with Gasteiger partial charge in [0.25, 0.3) is 0 Å². The fraction of sp³-hybridized carbons (Fsp3) is 0.0769. The molecule has 94 valence electrons. The summed E-state index contributed by atoms with van der Waals surface area (Å²) in [7, 11) is 0. The molecule has 5 heteroatoms. The third-order valence-corrected chi connectivity index (χ3v) is 3.21. The highest BCUT2D eigenvalue weighted by atomic mass is 79.9. The van der Waals surface area contributed by atoms with E-state index in [0.717, 1.165) is 12.1 Å². The average molecular weight is 316 g/mol. The largest absolute Gasteiger partial charge is 0.326 e. The van der Waals surface area contributed by atoms with E-state index in [-0.39, 0.29) is 27.7 Å². The standard InChI is InChI=1S/C13H9BrF3N/c14-9-2-4-11(16)12(13(9)17)7-1-3-10(15)8(5-7)6-18/h1-5H,6,18H2. The normalized spacial score (nSPS) is 10.7. The van der Waals surface area contributed by atoms with Crippen LogP contribution in [0.1, 0.15) is 5.56 Å². The summed E-state index contributed by atoms with van der Waals surface area (Å²) in [5.74, 6) is -1.91. The van der Waals surface area contributed by atoms with Gasteiger partial charge in [-0.3, -0.25) is 0 Å². The van der Waals surface area contributed by atoms with Crippen LogP contribution in [0.5, 0.6) is 0 Å². The maximum atomic E-state index is 13.9. The van der Waals surface area contributed by atoms with Gasteiger partial charge < -0.3 is 5.73 Å². The van der Waals surface area contributed by atoms with Crippen molar-refractivity contribution >= 4 is 15.9 Å². The van der Waals surface area contributed by atoms with E-state index in [1.807, 2.05) is 0 Å². The first-order chi connectivity index (χ1) is 8.54. The van der Waals surface area contributed by atoms with E-state index in [1.54, 1.807) is 0 Å². The second-order valence-electron chi connectivity index (χ2n) is 3.73. The van der Waals surface area contributed by atoms with Gasteiger partial charge in [0.2, 0.25) is 0 Å². The number of halogens is 4. The van der Waals surface area contributed by atoms with Gasteiger partial charge in [0.05, 0.1) is 10.0 Å². The Labute approximate surface area is 111 Å². The van der Waals surface area contributed by atoms with Crippen molar-refractivity contribution in [3.8, 4) is 11.1 Å². The lowest BCUT2D eigenvalue weighted by atomic mass is 10.0. The van der Waals surface area contributed by atoms with Crippen molar-refractivity contribution in [2.45, 2.75) is 6.54 Å². The fourth-order valence-electron chi connectivity index (χ4n) is 1.68. The molecular weight excluding hydrogens is 307 g/mol. The molecule has 0 atom stereocenters. The van der Waals surface area contributed by atoms with Gasteiger partial charge >= 0.3 is 0 Å². The van der Waals surface area contributed by atoms with Crippen molar-refractivity contribution < 1.29 is 13.2 Å². The Kier molecular flexibility index (Phi) is 3.73. The first kappa shape index (κ1) is 13.1. The predicted octanol–water partition coefficient (Wildman–Crippen LogP) is 3.99. The van der Waals surface area contributed by atoms with E-state index in [4.69, 9.17) is 5.73 Å². The Bertz CT molecular complexity index is 599. The predicted molar refractivity (Wildman–Crippen MR) is 67.3 cm³/mol. The van der Waals surface area contributed by atoms with Gasteiger partial charge in [-0.25, -0.2) is 13.2 Å². The molecule has 0 amide bonds. The molecule has 0 saturated carbocycles. The topological polar surface area (TPSA) is 26.0 Å². The molecule has 2 rings (SSSR count). The first-order valence-electron chi connectivity index (χ1n) is 5.17. The van der Waals surface area contributed by atoms with Crippen molar-refractivity contribution in [2.24, 2.45) is 5.73 Å². The van der Waals surface area contributed by atoms with Gasteiger partial charge in [-0.2, -0.15) is 0 Å². The van der Waals surface area contributed by atoms with Gasteiger partial charge in [-0.15, -0.1) is 0 Å². The highest BCUT2D eigenvalue weighted by Crippen LogP contribution is 2.31. The van der Waals surface area contributed by atoms with Gasteiger partial charge in [0.1, 0.15) is 17.5 Å². The SMILES string of the molecule is NCc1cc(-c2c(F)ccc(Br)c2F)ccc1F. The van der Waals surface area contributed by atoms with Crippen LogP contribution in [0.2, 0.25) is 0 Å². The highest BCUT2D eigenvalue weighted by molar-refractivity contribution is 9.10. The molecule has 2 N–H and O–H groups in total. The molecule has 0 aliphatic rings. The summed E-state index contributed by atoms with van der Waals surface area (Å²) < 4.78 is 41.0. The summed E-state index contributed by atoms with van der Waals surface area (Å²) >= 11 is 2.99. The maximum absolute atomic E-state index is 13.9. The van der Waals surface area contributed by atoms with Crippen LogP contribution in [-0.4, -0.2) is 0 Å². The summed E-state index contributed by atoms with van der Waals surface area (Å²) in [4.78, 5) is 0. The van der Waals surface area contributed by atoms with Crippen LogP contribution in [-0.2, 0) is 6.54 Å². The molecule has 0 fully saturated rings. The van der Waals surface area contributed by atoms with E-state index < -0.39 is 17.5 Å². The molecule has 0 heterocycles. The second kappa shape index (κ2) is 5.12. The molecule has 0 spiro atoms. The Hall–Kier alpha value is -1.33. The van der Waals surface area contributed by atoms with E-state index >= 15 is 0 Å². The van der Waals surface area contributed by atoms with Gasteiger partial charge in [0.15, 0.2) is 0 Å². The zero-order valence-electron chi connectivity index (χ0n) is 9.18. The highest BCUT2D eigenvalue weighted by Gasteiger charge is 2.15. The Morgan fingerprint density at radius 3 is 2.33 bits per heavy atom. The molecule has 1 nitrogen and oxygen atoms in total. The van der Waals surface area contributed by atoms with Gasteiger partial charge in [0, 0.05) is 12.1 Å². The molecule has 0 saturated heterocycles. The number of nitrogens with two attached hydrogens (primary N) is 1. The van der Waals surface area contributed by atoms with Crippen LogP contribution < -0.4 is 5.73 Å².